The highest BCUT2D eigenvalue weighted by Gasteiger charge is 2.44. The summed E-state index contributed by atoms with van der Waals surface area (Å²) in [6.45, 7) is 4.33. The fourth-order valence-electron chi connectivity index (χ4n) is 4.88. The third kappa shape index (κ3) is 4.48. The fourth-order valence-corrected chi connectivity index (χ4v) is 4.88. The highest BCUT2D eigenvalue weighted by Crippen LogP contribution is 2.35. The molecule has 3 aliphatic heterocycles. The van der Waals surface area contributed by atoms with Crippen molar-refractivity contribution in [3.8, 4) is 0 Å². The van der Waals surface area contributed by atoms with E-state index in [0.717, 1.165) is 18.3 Å². The van der Waals surface area contributed by atoms with E-state index in [1.165, 1.54) is 28.8 Å². The van der Waals surface area contributed by atoms with Crippen LogP contribution < -0.4 is 16.2 Å². The lowest BCUT2D eigenvalue weighted by atomic mass is 9.95. The fraction of sp³-hybridized carbons (Fsp3) is 0.360. The Morgan fingerprint density at radius 3 is 2.74 bits per heavy atom. The highest BCUT2D eigenvalue weighted by atomic mass is 19.1. The van der Waals surface area contributed by atoms with Gasteiger partial charge < -0.3 is 15.2 Å². The van der Waals surface area contributed by atoms with E-state index in [4.69, 9.17) is 0 Å². The Labute approximate surface area is 197 Å². The molecule has 34 heavy (non-hydrogen) atoms. The first-order valence-electron chi connectivity index (χ1n) is 11.5. The molecule has 3 heterocycles. The van der Waals surface area contributed by atoms with E-state index in [1.807, 2.05) is 12.4 Å². The molecule has 3 N–H and O–H groups in total. The molecule has 2 aromatic rings. The first-order chi connectivity index (χ1) is 16.4. The lowest BCUT2D eigenvalue weighted by Crippen LogP contribution is -2.54. The van der Waals surface area contributed by atoms with Crippen molar-refractivity contribution in [1.82, 2.24) is 26.1 Å². The first kappa shape index (κ1) is 22.3. The Kier molecular flexibility index (Phi) is 5.95. The van der Waals surface area contributed by atoms with E-state index < -0.39 is 11.6 Å². The summed E-state index contributed by atoms with van der Waals surface area (Å²) < 4.78 is 26.6. The summed E-state index contributed by atoms with van der Waals surface area (Å²) in [5.74, 6) is -0.721. The number of benzene rings is 2. The van der Waals surface area contributed by atoms with Crippen molar-refractivity contribution in [3.05, 3.63) is 82.7 Å². The van der Waals surface area contributed by atoms with Crippen LogP contribution in [0.2, 0.25) is 0 Å². The van der Waals surface area contributed by atoms with Crippen LogP contribution in [0.15, 0.2) is 53.9 Å². The Hall–Kier alpha value is -3.46. The summed E-state index contributed by atoms with van der Waals surface area (Å²) in [4.78, 5) is 14.4. The van der Waals surface area contributed by atoms with Gasteiger partial charge in [-0.05, 0) is 49.1 Å². The minimum Gasteiger partial charge on any atom is -0.352 e. The third-order valence-electron chi connectivity index (χ3n) is 6.61. The number of carbonyl (C=O) groups is 1. The molecule has 0 saturated carbocycles. The molecule has 3 unspecified atom stereocenters. The number of fused-ring (bicyclic) bond motifs is 3. The van der Waals surface area contributed by atoms with Gasteiger partial charge in [0.25, 0.3) is 0 Å². The number of hydrogen-bond donors (Lipinski definition) is 3. The van der Waals surface area contributed by atoms with Gasteiger partial charge in [-0.15, -0.1) is 0 Å². The molecule has 3 atom stereocenters. The molecule has 0 aromatic heterocycles. The van der Waals surface area contributed by atoms with Crippen LogP contribution in [-0.4, -0.2) is 33.9 Å². The van der Waals surface area contributed by atoms with Gasteiger partial charge in [-0.25, -0.2) is 14.2 Å². The van der Waals surface area contributed by atoms with Gasteiger partial charge in [0.15, 0.2) is 0 Å². The maximum atomic E-state index is 13.3. The van der Waals surface area contributed by atoms with Crippen molar-refractivity contribution < 1.29 is 13.6 Å². The van der Waals surface area contributed by atoms with Crippen LogP contribution in [0.25, 0.3) is 0 Å². The number of hydrogen-bond acceptors (Lipinski definition) is 6. The third-order valence-corrected chi connectivity index (χ3v) is 6.61. The first-order valence-corrected chi connectivity index (χ1v) is 11.5. The van der Waals surface area contributed by atoms with Crippen LogP contribution in [0, 0.1) is 25.5 Å². The zero-order valence-electron chi connectivity index (χ0n) is 19.2. The maximum absolute atomic E-state index is 13.3. The molecule has 1 saturated heterocycles. The standard InChI is InChI=1S/C25H28F2N6O/c1-15-3-4-16(2)20(9-15)21-13-22-25-30-29-23(32(25)7-8-33(22)31-21)5-6-24(34)28-14-17-10-18(26)12-19(27)11-17/h3-4,7-12,21-22,25,30-31H,5-6,13-14H2,1-2H3,(H,28,34). The quantitative estimate of drug-likeness (QED) is 0.609. The molecule has 5 rings (SSSR count). The van der Waals surface area contributed by atoms with Crippen LogP contribution >= 0.6 is 0 Å². The number of nitrogens with one attached hydrogen (secondary N) is 3. The van der Waals surface area contributed by atoms with Crippen molar-refractivity contribution >= 4 is 11.7 Å². The van der Waals surface area contributed by atoms with E-state index in [2.05, 4.69) is 63.2 Å². The van der Waals surface area contributed by atoms with Crippen molar-refractivity contribution in [2.75, 3.05) is 0 Å². The van der Waals surface area contributed by atoms with E-state index >= 15 is 0 Å². The summed E-state index contributed by atoms with van der Waals surface area (Å²) in [6, 6.07) is 10.2. The summed E-state index contributed by atoms with van der Waals surface area (Å²) in [6.07, 6.45) is 5.60. The zero-order valence-corrected chi connectivity index (χ0v) is 19.2. The molecular formula is C25H28F2N6O. The number of nitrogens with zero attached hydrogens (tertiary/aromatic N) is 3. The molecule has 0 spiro atoms. The molecule has 3 aliphatic rings. The molecule has 0 radical (unpaired) electrons. The molecule has 178 valence electrons. The van der Waals surface area contributed by atoms with Gasteiger partial charge in [-0.1, -0.05) is 23.8 Å². The number of amidine groups is 1. The van der Waals surface area contributed by atoms with Gasteiger partial charge in [0.1, 0.15) is 23.6 Å². The normalized spacial score (nSPS) is 22.8. The van der Waals surface area contributed by atoms with E-state index in [-0.39, 0.29) is 37.1 Å². The van der Waals surface area contributed by atoms with Gasteiger partial charge >= 0.3 is 0 Å². The van der Waals surface area contributed by atoms with Gasteiger partial charge in [0, 0.05) is 37.9 Å². The minimum atomic E-state index is -0.659. The lowest BCUT2D eigenvalue weighted by molar-refractivity contribution is -0.121. The molecule has 9 heteroatoms. The van der Waals surface area contributed by atoms with Crippen LogP contribution in [-0.2, 0) is 11.3 Å². The average Bonchev–Trinajstić information content (AvgIpc) is 3.41. The van der Waals surface area contributed by atoms with Crippen LogP contribution in [0.3, 0.4) is 0 Å². The summed E-state index contributed by atoms with van der Waals surface area (Å²) >= 11 is 0. The van der Waals surface area contributed by atoms with Gasteiger partial charge in [0.2, 0.25) is 5.91 Å². The summed E-state index contributed by atoms with van der Waals surface area (Å²) in [7, 11) is 0. The minimum absolute atomic E-state index is 0.0130. The van der Waals surface area contributed by atoms with Crippen LogP contribution in [0.4, 0.5) is 8.78 Å². The number of carbonyl (C=O) groups excluding carboxylic acids is 1. The number of hydrazone groups is 1. The van der Waals surface area contributed by atoms with Gasteiger partial charge in [-0.3, -0.25) is 10.2 Å². The van der Waals surface area contributed by atoms with Crippen LogP contribution in [0.1, 0.15) is 47.6 Å². The second-order valence-electron chi connectivity index (χ2n) is 9.11. The number of halogens is 2. The highest BCUT2D eigenvalue weighted by molar-refractivity contribution is 5.89. The Bertz CT molecular complexity index is 1150. The summed E-state index contributed by atoms with van der Waals surface area (Å²) in [5, 5.41) is 9.35. The Morgan fingerprint density at radius 1 is 1.15 bits per heavy atom. The monoisotopic (exact) mass is 466 g/mol. The van der Waals surface area contributed by atoms with Crippen molar-refractivity contribution in [3.63, 3.8) is 0 Å². The number of amides is 1. The van der Waals surface area contributed by atoms with E-state index in [9.17, 15) is 13.6 Å². The predicted octanol–water partition coefficient (Wildman–Crippen LogP) is 3.33. The molecule has 0 bridgehead atoms. The topological polar surface area (TPSA) is 72.0 Å². The number of rotatable bonds is 6. The molecule has 2 aromatic carbocycles. The zero-order chi connectivity index (χ0) is 23.8. The largest absolute Gasteiger partial charge is 0.352 e. The second kappa shape index (κ2) is 9.06. The molecule has 7 nitrogen and oxygen atoms in total. The van der Waals surface area contributed by atoms with Crippen molar-refractivity contribution in [2.24, 2.45) is 5.10 Å². The Balaban J connectivity index is 1.16. The predicted molar refractivity (Wildman–Crippen MR) is 125 cm³/mol. The van der Waals surface area contributed by atoms with Crippen molar-refractivity contribution in [1.29, 1.82) is 0 Å². The maximum Gasteiger partial charge on any atom is 0.220 e. The average molecular weight is 467 g/mol. The smallest absolute Gasteiger partial charge is 0.220 e. The second-order valence-corrected chi connectivity index (χ2v) is 9.11. The van der Waals surface area contributed by atoms with E-state index in [1.54, 1.807) is 0 Å². The van der Waals surface area contributed by atoms with Crippen molar-refractivity contribution in [2.45, 2.75) is 57.9 Å². The SMILES string of the molecule is Cc1ccc(C)c(C2CC3C4NN=C(CCC(=O)NCc5cc(F)cc(F)c5)N4C=CN3N2)c1. The lowest BCUT2D eigenvalue weighted by Gasteiger charge is -2.37. The molecular weight excluding hydrogens is 438 g/mol. The molecule has 0 aliphatic carbocycles. The van der Waals surface area contributed by atoms with Gasteiger partial charge in [-0.2, -0.15) is 5.10 Å². The Morgan fingerprint density at radius 2 is 1.94 bits per heavy atom. The van der Waals surface area contributed by atoms with Crippen LogP contribution in [0.5, 0.6) is 0 Å². The number of hydrazine groups is 1. The van der Waals surface area contributed by atoms with E-state index in [0.29, 0.717) is 12.0 Å². The summed E-state index contributed by atoms with van der Waals surface area (Å²) in [5.41, 5.74) is 11.1. The molecule has 1 fully saturated rings. The van der Waals surface area contributed by atoms with Gasteiger partial charge in [0.05, 0.1) is 12.1 Å². The molecule has 1 amide bonds. The number of aryl methyl sites for hydroxylation is 2.